The van der Waals surface area contributed by atoms with Crippen LogP contribution >= 0.6 is 0 Å². The largest absolute Gasteiger partial charge is 0.473 e. The molecule has 0 radical (unpaired) electrons. The van der Waals surface area contributed by atoms with Crippen LogP contribution in [0, 0.1) is 17.1 Å². The third-order valence-electron chi connectivity index (χ3n) is 8.10. The molecule has 4 heterocycles. The lowest BCUT2D eigenvalue weighted by Gasteiger charge is -2.32. The SMILES string of the molecule is COC(=O)c1ccc2nc(CN3CCC(c4cccc(OCc5ccc(C#N)cc5F)n4)CC3)n(C[C@@H]3CCO3)c2c1. The molecule has 2 fully saturated rings. The summed E-state index contributed by atoms with van der Waals surface area (Å²) in [5.74, 6) is 0.885. The van der Waals surface area contributed by atoms with Crippen LogP contribution in [0.2, 0.25) is 0 Å². The monoisotopic (exact) mass is 569 g/mol. The summed E-state index contributed by atoms with van der Waals surface area (Å²) in [6.07, 6.45) is 3.06. The van der Waals surface area contributed by atoms with Gasteiger partial charge in [-0.25, -0.2) is 19.2 Å². The normalized spacial score (nSPS) is 17.5. The Balaban J connectivity index is 1.10. The van der Waals surface area contributed by atoms with Crippen LogP contribution in [0.15, 0.2) is 54.6 Å². The first-order valence-corrected chi connectivity index (χ1v) is 14.2. The second-order valence-electron chi connectivity index (χ2n) is 10.8. The number of benzene rings is 2. The Bertz CT molecular complexity index is 1640. The highest BCUT2D eigenvalue weighted by Crippen LogP contribution is 2.30. The van der Waals surface area contributed by atoms with E-state index in [-0.39, 0.29) is 24.2 Å². The molecule has 9 nitrogen and oxygen atoms in total. The van der Waals surface area contributed by atoms with E-state index in [0.717, 1.165) is 61.5 Å². The van der Waals surface area contributed by atoms with Crippen molar-refractivity contribution in [3.63, 3.8) is 0 Å². The Kier molecular flexibility index (Phi) is 8.13. The summed E-state index contributed by atoms with van der Waals surface area (Å²) in [6, 6.07) is 17.5. The van der Waals surface area contributed by atoms with Gasteiger partial charge in [0.1, 0.15) is 18.2 Å². The Morgan fingerprint density at radius 1 is 1.12 bits per heavy atom. The van der Waals surface area contributed by atoms with Crippen LogP contribution in [0.5, 0.6) is 5.88 Å². The highest BCUT2D eigenvalue weighted by molar-refractivity contribution is 5.93. The third-order valence-corrected chi connectivity index (χ3v) is 8.10. The van der Waals surface area contributed by atoms with Crippen LogP contribution in [0.3, 0.4) is 0 Å². The molecule has 2 aliphatic heterocycles. The molecular weight excluding hydrogens is 537 g/mol. The van der Waals surface area contributed by atoms with Crippen LogP contribution in [-0.2, 0) is 29.2 Å². The molecule has 0 aliphatic carbocycles. The number of carbonyl (C=O) groups excluding carboxylic acids is 1. The highest BCUT2D eigenvalue weighted by Gasteiger charge is 2.26. The zero-order chi connectivity index (χ0) is 29.1. The lowest BCUT2D eigenvalue weighted by molar-refractivity contribution is -0.0592. The molecule has 10 heteroatoms. The number of imidazole rings is 1. The molecule has 42 heavy (non-hydrogen) atoms. The fourth-order valence-corrected chi connectivity index (χ4v) is 5.59. The molecule has 0 spiro atoms. The molecule has 2 aromatic heterocycles. The average molecular weight is 570 g/mol. The van der Waals surface area contributed by atoms with E-state index in [1.54, 1.807) is 24.3 Å². The van der Waals surface area contributed by atoms with Crippen molar-refractivity contribution in [3.05, 3.63) is 88.6 Å². The van der Waals surface area contributed by atoms with Gasteiger partial charge in [0.25, 0.3) is 0 Å². The number of nitriles is 1. The molecule has 4 aromatic rings. The van der Waals surface area contributed by atoms with E-state index in [1.807, 2.05) is 30.3 Å². The molecule has 2 saturated heterocycles. The molecule has 2 aromatic carbocycles. The number of carbonyl (C=O) groups is 1. The predicted molar refractivity (Wildman–Crippen MR) is 152 cm³/mol. The van der Waals surface area contributed by atoms with E-state index in [1.165, 1.54) is 13.2 Å². The molecule has 0 unspecified atom stereocenters. The number of hydrogen-bond acceptors (Lipinski definition) is 8. The maximum absolute atomic E-state index is 14.2. The van der Waals surface area contributed by atoms with E-state index in [9.17, 15) is 9.18 Å². The molecule has 0 amide bonds. The Morgan fingerprint density at radius 2 is 1.95 bits per heavy atom. The minimum absolute atomic E-state index is 0.0421. The fraction of sp³-hybridized carbons (Fsp3) is 0.375. The van der Waals surface area contributed by atoms with Crippen LogP contribution in [0.4, 0.5) is 4.39 Å². The summed E-state index contributed by atoms with van der Waals surface area (Å²) in [6.45, 7) is 4.01. The molecule has 0 N–H and O–H groups in total. The number of esters is 1. The van der Waals surface area contributed by atoms with E-state index in [0.29, 0.717) is 36.0 Å². The van der Waals surface area contributed by atoms with Crippen LogP contribution in [0.1, 0.15) is 58.2 Å². The van der Waals surface area contributed by atoms with Crippen molar-refractivity contribution >= 4 is 17.0 Å². The van der Waals surface area contributed by atoms with Gasteiger partial charge in [-0.1, -0.05) is 12.1 Å². The van der Waals surface area contributed by atoms with Gasteiger partial charge in [0, 0.05) is 29.8 Å². The third kappa shape index (κ3) is 5.98. The lowest BCUT2D eigenvalue weighted by Crippen LogP contribution is -2.35. The number of aromatic nitrogens is 3. The first-order chi connectivity index (χ1) is 20.5. The summed E-state index contributed by atoms with van der Waals surface area (Å²) in [4.78, 5) is 24.2. The minimum atomic E-state index is -0.463. The number of piperidine rings is 1. The first kappa shape index (κ1) is 27.8. The molecule has 0 saturated carbocycles. The first-order valence-electron chi connectivity index (χ1n) is 14.2. The van der Waals surface area contributed by atoms with E-state index in [4.69, 9.17) is 29.4 Å². The van der Waals surface area contributed by atoms with Crippen molar-refractivity contribution < 1.29 is 23.4 Å². The molecule has 216 valence electrons. The topological polar surface area (TPSA) is 102 Å². The predicted octanol–water partition coefficient (Wildman–Crippen LogP) is 4.98. The lowest BCUT2D eigenvalue weighted by atomic mass is 9.93. The number of rotatable bonds is 9. The number of likely N-dealkylation sites (tertiary alicyclic amines) is 1. The number of fused-ring (bicyclic) bond motifs is 1. The number of methoxy groups -OCH3 is 1. The van der Waals surface area contributed by atoms with Gasteiger partial charge in [0.15, 0.2) is 0 Å². The van der Waals surface area contributed by atoms with Crippen LogP contribution < -0.4 is 4.74 Å². The average Bonchev–Trinajstić information content (AvgIpc) is 3.34. The fourth-order valence-electron chi connectivity index (χ4n) is 5.59. The summed E-state index contributed by atoms with van der Waals surface area (Å²) in [5, 5.41) is 8.94. The molecule has 0 bridgehead atoms. The van der Waals surface area contributed by atoms with Crippen molar-refractivity contribution in [3.8, 4) is 11.9 Å². The maximum Gasteiger partial charge on any atom is 0.337 e. The van der Waals surface area contributed by atoms with Crippen molar-refractivity contribution in [1.82, 2.24) is 19.4 Å². The van der Waals surface area contributed by atoms with Gasteiger partial charge in [-0.15, -0.1) is 0 Å². The molecule has 2 aliphatic rings. The Hall–Kier alpha value is -4.33. The Labute approximate surface area is 243 Å². The van der Waals surface area contributed by atoms with Crippen LogP contribution in [-0.4, -0.2) is 58.3 Å². The van der Waals surface area contributed by atoms with Crippen molar-refractivity contribution in [2.75, 3.05) is 26.8 Å². The summed E-state index contributed by atoms with van der Waals surface area (Å²) in [5.41, 5.74) is 3.91. The highest BCUT2D eigenvalue weighted by atomic mass is 19.1. The molecule has 1 atom stereocenters. The van der Waals surface area contributed by atoms with Crippen LogP contribution in [0.25, 0.3) is 11.0 Å². The van der Waals surface area contributed by atoms with Gasteiger partial charge in [0.2, 0.25) is 5.88 Å². The van der Waals surface area contributed by atoms with E-state index < -0.39 is 5.82 Å². The van der Waals surface area contributed by atoms with Gasteiger partial charge in [-0.3, -0.25) is 4.90 Å². The molecular formula is C32H32FN5O4. The molecule has 6 rings (SSSR count). The zero-order valence-corrected chi connectivity index (χ0v) is 23.5. The zero-order valence-electron chi connectivity index (χ0n) is 23.5. The van der Waals surface area contributed by atoms with E-state index in [2.05, 4.69) is 9.47 Å². The van der Waals surface area contributed by atoms with Crippen molar-refractivity contribution in [2.24, 2.45) is 0 Å². The second-order valence-corrected chi connectivity index (χ2v) is 10.8. The summed E-state index contributed by atoms with van der Waals surface area (Å²) >= 11 is 0. The summed E-state index contributed by atoms with van der Waals surface area (Å²) in [7, 11) is 1.39. The van der Waals surface area contributed by atoms with Gasteiger partial charge >= 0.3 is 5.97 Å². The van der Waals surface area contributed by atoms with Gasteiger partial charge in [-0.2, -0.15) is 5.26 Å². The minimum Gasteiger partial charge on any atom is -0.473 e. The number of ether oxygens (including phenoxy) is 3. The number of hydrogen-bond donors (Lipinski definition) is 0. The van der Waals surface area contributed by atoms with Gasteiger partial charge in [-0.05, 0) is 68.8 Å². The summed E-state index contributed by atoms with van der Waals surface area (Å²) < 4.78 is 32.9. The maximum atomic E-state index is 14.2. The smallest absolute Gasteiger partial charge is 0.337 e. The Morgan fingerprint density at radius 3 is 2.67 bits per heavy atom. The quantitative estimate of drug-likeness (QED) is 0.260. The number of halogens is 1. The van der Waals surface area contributed by atoms with Gasteiger partial charge in [0.05, 0.1) is 54.5 Å². The van der Waals surface area contributed by atoms with Crippen molar-refractivity contribution in [1.29, 1.82) is 5.26 Å². The second kappa shape index (κ2) is 12.3. The number of nitrogens with zero attached hydrogens (tertiary/aromatic N) is 5. The van der Waals surface area contributed by atoms with Gasteiger partial charge < -0.3 is 18.8 Å². The van der Waals surface area contributed by atoms with Crippen molar-refractivity contribution in [2.45, 2.75) is 51.0 Å². The standard InChI is InChI=1S/C32H32FN5O4/c1-40-32(39)23-7-8-28-29(16-23)38(18-25-11-14-41-25)30(35-28)19-37-12-9-22(10-13-37)27-3-2-4-31(36-27)42-20-24-6-5-21(17-34)15-26(24)33/h2-8,15-16,22,25H,9-14,18-20H2,1H3/t25-/m0/s1. The van der Waals surface area contributed by atoms with E-state index >= 15 is 0 Å². The number of pyridine rings is 1.